The minimum Gasteiger partial charge on any atom is -0.338 e. The van der Waals surface area contributed by atoms with E-state index in [0.717, 1.165) is 42.8 Å². The van der Waals surface area contributed by atoms with E-state index in [4.69, 9.17) is 0 Å². The summed E-state index contributed by atoms with van der Waals surface area (Å²) < 4.78 is 0. The van der Waals surface area contributed by atoms with Gasteiger partial charge in [0.15, 0.2) is 0 Å². The number of H-pyrrole nitrogens is 1. The van der Waals surface area contributed by atoms with Gasteiger partial charge in [0.25, 0.3) is 11.5 Å². The van der Waals surface area contributed by atoms with Gasteiger partial charge < -0.3 is 20.1 Å². The quantitative estimate of drug-likeness (QED) is 0.847. The molecule has 3 amide bonds. The number of piperidine rings is 1. The highest BCUT2D eigenvalue weighted by molar-refractivity contribution is 7.13. The van der Waals surface area contributed by atoms with Crippen LogP contribution in [-0.2, 0) is 0 Å². The third kappa shape index (κ3) is 3.62. The van der Waals surface area contributed by atoms with Crippen molar-refractivity contribution in [2.24, 2.45) is 0 Å². The summed E-state index contributed by atoms with van der Waals surface area (Å²) in [7, 11) is 0. The molecule has 7 nitrogen and oxygen atoms in total. The summed E-state index contributed by atoms with van der Waals surface area (Å²) in [6, 6.07) is 5.73. The van der Waals surface area contributed by atoms with E-state index >= 15 is 0 Å². The Labute approximate surface area is 161 Å². The van der Waals surface area contributed by atoms with Gasteiger partial charge in [-0.05, 0) is 36.8 Å². The molecule has 2 N–H and O–H groups in total. The number of pyridine rings is 1. The first kappa shape index (κ1) is 17.8. The van der Waals surface area contributed by atoms with Gasteiger partial charge in [0.2, 0.25) is 0 Å². The van der Waals surface area contributed by atoms with Gasteiger partial charge in [0, 0.05) is 48.9 Å². The normalized spacial score (nSPS) is 18.4. The van der Waals surface area contributed by atoms with Crippen LogP contribution in [0.1, 0.15) is 29.6 Å². The first-order valence-electron chi connectivity index (χ1n) is 9.24. The monoisotopic (exact) mass is 386 g/mol. The van der Waals surface area contributed by atoms with Gasteiger partial charge >= 0.3 is 6.03 Å². The number of nitrogens with zero attached hydrogens (tertiary/aromatic N) is 2. The summed E-state index contributed by atoms with van der Waals surface area (Å²) in [5.41, 5.74) is 0.653. The van der Waals surface area contributed by atoms with E-state index in [1.807, 2.05) is 22.4 Å². The van der Waals surface area contributed by atoms with E-state index in [1.165, 1.54) is 0 Å². The Kier molecular flexibility index (Phi) is 4.98. The zero-order chi connectivity index (χ0) is 18.8. The highest BCUT2D eigenvalue weighted by atomic mass is 32.1. The molecule has 0 saturated carbocycles. The minimum atomic E-state index is -0.363. The second kappa shape index (κ2) is 7.56. The molecule has 2 aliphatic rings. The van der Waals surface area contributed by atoms with Crippen LogP contribution in [0.4, 0.5) is 4.79 Å². The second-order valence-electron chi connectivity index (χ2n) is 6.91. The zero-order valence-corrected chi connectivity index (χ0v) is 15.8. The van der Waals surface area contributed by atoms with Gasteiger partial charge in [-0.3, -0.25) is 9.59 Å². The molecule has 2 fully saturated rings. The third-order valence-electron chi connectivity index (χ3n) is 5.24. The van der Waals surface area contributed by atoms with Crippen LogP contribution in [-0.4, -0.2) is 58.9 Å². The lowest BCUT2D eigenvalue weighted by molar-refractivity contribution is 0.0641. The molecule has 2 aromatic heterocycles. The van der Waals surface area contributed by atoms with Gasteiger partial charge in [0.1, 0.15) is 5.56 Å². The number of urea groups is 1. The van der Waals surface area contributed by atoms with Crippen molar-refractivity contribution in [3.63, 3.8) is 0 Å². The fourth-order valence-corrected chi connectivity index (χ4v) is 4.49. The van der Waals surface area contributed by atoms with Crippen molar-refractivity contribution in [2.45, 2.75) is 25.3 Å². The summed E-state index contributed by atoms with van der Waals surface area (Å²) in [5.74, 6) is -0.240. The van der Waals surface area contributed by atoms with Gasteiger partial charge in [-0.1, -0.05) is 6.07 Å². The Bertz CT molecular complexity index is 885. The topological polar surface area (TPSA) is 85.5 Å². The predicted molar refractivity (Wildman–Crippen MR) is 104 cm³/mol. The Hall–Kier alpha value is -2.61. The molecule has 0 aromatic carbocycles. The molecule has 0 radical (unpaired) electrons. The van der Waals surface area contributed by atoms with Crippen LogP contribution in [0.15, 0.2) is 34.6 Å². The molecule has 2 aromatic rings. The van der Waals surface area contributed by atoms with E-state index in [1.54, 1.807) is 28.5 Å². The Morgan fingerprint density at radius 3 is 2.70 bits per heavy atom. The first-order valence-corrected chi connectivity index (χ1v) is 10.1. The third-order valence-corrected chi connectivity index (χ3v) is 6.16. The van der Waals surface area contributed by atoms with Crippen LogP contribution < -0.4 is 10.9 Å². The van der Waals surface area contributed by atoms with Gasteiger partial charge in [0.05, 0.1) is 0 Å². The molecular weight excluding hydrogens is 364 g/mol. The average molecular weight is 386 g/mol. The van der Waals surface area contributed by atoms with Crippen LogP contribution in [0.3, 0.4) is 0 Å². The first-order chi connectivity index (χ1) is 13.1. The molecule has 142 valence electrons. The molecule has 0 unspecified atom stereocenters. The smallest absolute Gasteiger partial charge is 0.317 e. The van der Waals surface area contributed by atoms with Crippen molar-refractivity contribution < 1.29 is 9.59 Å². The van der Waals surface area contributed by atoms with Crippen LogP contribution in [0, 0.1) is 0 Å². The second-order valence-corrected chi connectivity index (χ2v) is 7.86. The van der Waals surface area contributed by atoms with E-state index in [2.05, 4.69) is 10.3 Å². The number of hydrogen-bond acceptors (Lipinski definition) is 4. The molecule has 2 aliphatic heterocycles. The van der Waals surface area contributed by atoms with E-state index in [9.17, 15) is 14.4 Å². The molecule has 0 spiro atoms. The summed E-state index contributed by atoms with van der Waals surface area (Å²) in [4.78, 5) is 44.4. The molecule has 0 aliphatic carbocycles. The van der Waals surface area contributed by atoms with Crippen LogP contribution in [0.25, 0.3) is 10.4 Å². The van der Waals surface area contributed by atoms with Gasteiger partial charge in [-0.25, -0.2) is 4.79 Å². The highest BCUT2D eigenvalue weighted by Crippen LogP contribution is 2.25. The highest BCUT2D eigenvalue weighted by Gasteiger charge is 2.31. The number of hydrogen-bond donors (Lipinski definition) is 2. The Morgan fingerprint density at radius 2 is 2.00 bits per heavy atom. The molecule has 0 atom stereocenters. The number of carbonyl (C=O) groups excluding carboxylic acids is 2. The van der Waals surface area contributed by atoms with Gasteiger partial charge in [-0.15, -0.1) is 11.3 Å². The summed E-state index contributed by atoms with van der Waals surface area (Å²) in [6.45, 7) is 2.61. The zero-order valence-electron chi connectivity index (χ0n) is 14.9. The largest absolute Gasteiger partial charge is 0.338 e. The number of nitrogens with one attached hydrogen (secondary N) is 2. The fraction of sp³-hybridized carbons (Fsp3) is 0.421. The van der Waals surface area contributed by atoms with Crippen LogP contribution in [0.2, 0.25) is 0 Å². The molecule has 4 rings (SSSR count). The summed E-state index contributed by atoms with van der Waals surface area (Å²) >= 11 is 1.56. The Morgan fingerprint density at radius 1 is 1.19 bits per heavy atom. The lowest BCUT2D eigenvalue weighted by Gasteiger charge is -2.40. The lowest BCUT2D eigenvalue weighted by Crippen LogP contribution is -2.54. The number of thiophene rings is 1. The average Bonchev–Trinajstić information content (AvgIpc) is 3.23. The maximum absolute atomic E-state index is 12.9. The number of rotatable bonds is 3. The van der Waals surface area contributed by atoms with E-state index in [-0.39, 0.29) is 29.1 Å². The molecule has 2 saturated heterocycles. The number of aromatic amines is 1. The minimum absolute atomic E-state index is 0.00822. The molecular formula is C19H22N4O3S. The van der Waals surface area contributed by atoms with Crippen molar-refractivity contribution in [3.05, 3.63) is 45.7 Å². The maximum Gasteiger partial charge on any atom is 0.317 e. The molecule has 8 heteroatoms. The maximum atomic E-state index is 12.9. The number of likely N-dealkylation sites (tertiary alicyclic amines) is 1. The van der Waals surface area contributed by atoms with Gasteiger partial charge in [-0.2, -0.15) is 0 Å². The van der Waals surface area contributed by atoms with E-state index in [0.29, 0.717) is 13.1 Å². The Balaban J connectivity index is 1.46. The SMILES string of the molecule is O=C(c1cc(-c2cccs2)c[nH]c1=O)N1CCC(N2CCCNC2=O)CC1. The summed E-state index contributed by atoms with van der Waals surface area (Å²) in [6.07, 6.45) is 4.07. The molecule has 27 heavy (non-hydrogen) atoms. The standard InChI is InChI=1S/C19H22N4O3S/c24-17-15(11-13(12-21-17)16-3-1-10-27-16)18(25)22-8-4-14(5-9-22)23-7-2-6-20-19(23)26/h1,3,10-12,14H,2,4-9H2,(H,20,26)(H,21,24). The number of aromatic nitrogens is 1. The fourth-order valence-electron chi connectivity index (χ4n) is 3.77. The summed E-state index contributed by atoms with van der Waals surface area (Å²) in [5, 5.41) is 4.84. The van der Waals surface area contributed by atoms with Crippen molar-refractivity contribution in [1.82, 2.24) is 20.1 Å². The molecule has 4 heterocycles. The van der Waals surface area contributed by atoms with Crippen molar-refractivity contribution >= 4 is 23.3 Å². The van der Waals surface area contributed by atoms with Crippen molar-refractivity contribution in [2.75, 3.05) is 26.2 Å². The number of amides is 3. The lowest BCUT2D eigenvalue weighted by atomic mass is 10.0. The van der Waals surface area contributed by atoms with Crippen LogP contribution >= 0.6 is 11.3 Å². The van der Waals surface area contributed by atoms with Crippen LogP contribution in [0.5, 0.6) is 0 Å². The number of carbonyl (C=O) groups is 2. The predicted octanol–water partition coefficient (Wildman–Crippen LogP) is 2.12. The van der Waals surface area contributed by atoms with Crippen molar-refractivity contribution in [3.8, 4) is 10.4 Å². The van der Waals surface area contributed by atoms with E-state index < -0.39 is 0 Å². The molecule has 0 bridgehead atoms. The van der Waals surface area contributed by atoms with Crippen molar-refractivity contribution in [1.29, 1.82) is 0 Å².